The van der Waals surface area contributed by atoms with Crippen LogP contribution in [-0.4, -0.2) is 37.4 Å². The minimum Gasteiger partial charge on any atom is -0.470 e. The molecule has 0 saturated heterocycles. The second-order valence-corrected chi connectivity index (χ2v) is 7.70. The normalized spacial score (nSPS) is 10.9. The molecule has 0 radical (unpaired) electrons. The van der Waals surface area contributed by atoms with Gasteiger partial charge < -0.3 is 9.64 Å². The van der Waals surface area contributed by atoms with Crippen LogP contribution in [0.3, 0.4) is 0 Å². The number of aryl methyl sites for hydroxylation is 1. The second-order valence-electron chi connectivity index (χ2n) is 6.00. The number of halogens is 3. The van der Waals surface area contributed by atoms with Crippen molar-refractivity contribution in [2.45, 2.75) is 26.7 Å². The van der Waals surface area contributed by atoms with Crippen LogP contribution in [0.2, 0.25) is 10.0 Å². The third-order valence-electron chi connectivity index (χ3n) is 4.04. The van der Waals surface area contributed by atoms with Crippen LogP contribution in [0.5, 0.6) is 5.75 Å². The maximum absolute atomic E-state index is 12.7. The van der Waals surface area contributed by atoms with Gasteiger partial charge >= 0.3 is 0 Å². The van der Waals surface area contributed by atoms with Crippen molar-refractivity contribution < 1.29 is 9.53 Å². The molecule has 148 valence electrons. The summed E-state index contributed by atoms with van der Waals surface area (Å²) in [4.78, 5) is 14.2. The minimum atomic E-state index is -0.216. The van der Waals surface area contributed by atoms with Crippen LogP contribution in [-0.2, 0) is 19.8 Å². The van der Waals surface area contributed by atoms with Gasteiger partial charge in [0, 0.05) is 24.8 Å². The van der Waals surface area contributed by atoms with E-state index < -0.39 is 0 Å². The summed E-state index contributed by atoms with van der Waals surface area (Å²) in [5.74, 6) is 0.415. The number of rotatable bonds is 7. The van der Waals surface area contributed by atoms with Crippen molar-refractivity contribution in [3.63, 3.8) is 0 Å². The van der Waals surface area contributed by atoms with Crippen molar-refractivity contribution in [3.05, 3.63) is 62.6 Å². The van der Waals surface area contributed by atoms with Crippen molar-refractivity contribution in [2.75, 3.05) is 7.05 Å². The minimum absolute atomic E-state index is 0.158. The molecule has 3 aromatic rings. The van der Waals surface area contributed by atoms with Gasteiger partial charge in [0.1, 0.15) is 5.75 Å². The summed E-state index contributed by atoms with van der Waals surface area (Å²) in [5, 5.41) is 9.63. The van der Waals surface area contributed by atoms with E-state index in [1.807, 2.05) is 6.92 Å². The number of benzene rings is 1. The van der Waals surface area contributed by atoms with Gasteiger partial charge in [0.15, 0.2) is 12.4 Å². The molecule has 0 bridgehead atoms. The predicted molar refractivity (Wildman–Crippen MR) is 111 cm³/mol. The lowest BCUT2D eigenvalue weighted by Crippen LogP contribution is -2.28. The van der Waals surface area contributed by atoms with Crippen molar-refractivity contribution >= 4 is 45.0 Å². The van der Waals surface area contributed by atoms with Crippen LogP contribution in [0.25, 0.3) is 0 Å². The van der Waals surface area contributed by atoms with Gasteiger partial charge in [-0.3, -0.25) is 9.48 Å². The lowest BCUT2D eigenvalue weighted by molar-refractivity contribution is 0.0773. The van der Waals surface area contributed by atoms with E-state index >= 15 is 0 Å². The third-order valence-corrected chi connectivity index (χ3v) is 5.21. The molecule has 0 saturated carbocycles. The molecular weight excluding hydrogens is 469 g/mol. The van der Waals surface area contributed by atoms with Crippen LogP contribution >= 0.6 is 39.1 Å². The van der Waals surface area contributed by atoms with Crippen molar-refractivity contribution in [3.8, 4) is 5.75 Å². The Hall–Kier alpha value is -2.03. The number of nitrogens with zero attached hydrogens (tertiary/aromatic N) is 5. The van der Waals surface area contributed by atoms with Gasteiger partial charge in [-0.25, -0.2) is 4.68 Å². The number of hydrogen-bond donors (Lipinski definition) is 0. The van der Waals surface area contributed by atoms with E-state index in [-0.39, 0.29) is 12.6 Å². The summed E-state index contributed by atoms with van der Waals surface area (Å²) in [6.45, 7) is 3.14. The molecule has 28 heavy (non-hydrogen) atoms. The highest BCUT2D eigenvalue weighted by Crippen LogP contribution is 2.28. The van der Waals surface area contributed by atoms with Crippen LogP contribution in [0.1, 0.15) is 23.1 Å². The molecule has 2 heterocycles. The molecule has 1 amide bonds. The van der Waals surface area contributed by atoms with Crippen molar-refractivity contribution in [2.24, 2.45) is 0 Å². The summed E-state index contributed by atoms with van der Waals surface area (Å²) in [5.41, 5.74) is 1.11. The van der Waals surface area contributed by atoms with Gasteiger partial charge in [-0.2, -0.15) is 10.2 Å². The summed E-state index contributed by atoms with van der Waals surface area (Å²) < 4.78 is 9.76. The summed E-state index contributed by atoms with van der Waals surface area (Å²) >= 11 is 15.5. The first-order chi connectivity index (χ1) is 13.4. The van der Waals surface area contributed by atoms with E-state index in [1.165, 1.54) is 0 Å². The van der Waals surface area contributed by atoms with Crippen LogP contribution in [0.15, 0.2) is 41.1 Å². The molecule has 10 heteroatoms. The summed E-state index contributed by atoms with van der Waals surface area (Å²) in [6, 6.07) is 6.89. The van der Waals surface area contributed by atoms with E-state index in [4.69, 9.17) is 27.9 Å². The number of carbonyl (C=O) groups is 1. The molecular formula is C18H18BrCl2N5O2. The Labute approximate surface area is 180 Å². The molecule has 1 aromatic carbocycles. The van der Waals surface area contributed by atoms with Gasteiger partial charge in [-0.15, -0.1) is 0 Å². The Kier molecular flexibility index (Phi) is 6.64. The fourth-order valence-electron chi connectivity index (χ4n) is 2.59. The molecule has 7 nitrogen and oxygen atoms in total. The molecule has 3 rings (SSSR count). The molecule has 0 N–H and O–H groups in total. The van der Waals surface area contributed by atoms with E-state index in [2.05, 4.69) is 26.1 Å². The molecule has 0 atom stereocenters. The zero-order valence-electron chi connectivity index (χ0n) is 15.3. The van der Waals surface area contributed by atoms with E-state index in [0.717, 1.165) is 10.2 Å². The fourth-order valence-corrected chi connectivity index (χ4v) is 3.58. The molecule has 0 aliphatic heterocycles. The van der Waals surface area contributed by atoms with Gasteiger partial charge in [-0.1, -0.05) is 23.2 Å². The topological polar surface area (TPSA) is 65.2 Å². The standard InChI is InChI=1S/C18H18BrCl2N5O2/c1-3-26-16(14(21)9-22-26)10-24(2)18(27)15-6-7-25(23-15)11-28-17-5-4-12(20)8-13(17)19/h4-9H,3,10-11H2,1-2H3. The summed E-state index contributed by atoms with van der Waals surface area (Å²) in [6.07, 6.45) is 3.27. The Morgan fingerprint density at radius 1 is 1.32 bits per heavy atom. The van der Waals surface area contributed by atoms with Gasteiger partial charge in [0.2, 0.25) is 0 Å². The van der Waals surface area contributed by atoms with Crippen molar-refractivity contribution in [1.29, 1.82) is 0 Å². The number of hydrogen-bond acceptors (Lipinski definition) is 4. The lowest BCUT2D eigenvalue weighted by atomic mass is 10.3. The number of ether oxygens (including phenoxy) is 1. The largest absolute Gasteiger partial charge is 0.470 e. The van der Waals surface area contributed by atoms with E-state index in [9.17, 15) is 4.79 Å². The highest BCUT2D eigenvalue weighted by atomic mass is 79.9. The van der Waals surface area contributed by atoms with Crippen LogP contribution in [0.4, 0.5) is 0 Å². The SMILES string of the molecule is CCn1ncc(Cl)c1CN(C)C(=O)c1ccn(COc2ccc(Cl)cc2Br)n1. The molecule has 0 unspecified atom stereocenters. The Balaban J connectivity index is 1.64. The number of carbonyl (C=O) groups excluding carboxylic acids is 1. The first-order valence-corrected chi connectivity index (χ1v) is 10.0. The molecule has 0 spiro atoms. The van der Waals surface area contributed by atoms with Gasteiger partial charge in [0.05, 0.1) is 27.9 Å². The average Bonchev–Trinajstić information content (AvgIpc) is 3.27. The molecule has 0 fully saturated rings. The van der Waals surface area contributed by atoms with E-state index in [1.54, 1.807) is 58.0 Å². The first kappa shape index (κ1) is 20.7. The zero-order valence-corrected chi connectivity index (χ0v) is 18.4. The van der Waals surface area contributed by atoms with E-state index in [0.29, 0.717) is 34.6 Å². The molecule has 0 aliphatic carbocycles. The predicted octanol–water partition coefficient (Wildman–Crippen LogP) is 4.48. The quantitative estimate of drug-likeness (QED) is 0.494. The third kappa shape index (κ3) is 4.68. The van der Waals surface area contributed by atoms with Crippen molar-refractivity contribution in [1.82, 2.24) is 24.5 Å². The number of aromatic nitrogens is 4. The monoisotopic (exact) mass is 485 g/mol. The van der Waals surface area contributed by atoms with Crippen LogP contribution in [0, 0.1) is 0 Å². The first-order valence-electron chi connectivity index (χ1n) is 8.46. The lowest BCUT2D eigenvalue weighted by Gasteiger charge is -2.17. The number of amides is 1. The zero-order chi connectivity index (χ0) is 20.3. The maximum atomic E-state index is 12.7. The fraction of sp³-hybridized carbons (Fsp3) is 0.278. The smallest absolute Gasteiger partial charge is 0.274 e. The second kappa shape index (κ2) is 8.98. The highest BCUT2D eigenvalue weighted by molar-refractivity contribution is 9.10. The van der Waals surface area contributed by atoms with Gasteiger partial charge in [0.25, 0.3) is 5.91 Å². The van der Waals surface area contributed by atoms with Crippen LogP contribution < -0.4 is 4.74 Å². The Morgan fingerprint density at radius 3 is 2.82 bits per heavy atom. The Morgan fingerprint density at radius 2 is 2.11 bits per heavy atom. The summed E-state index contributed by atoms with van der Waals surface area (Å²) in [7, 11) is 1.70. The Bertz CT molecular complexity index is 988. The molecule has 2 aromatic heterocycles. The van der Waals surface area contributed by atoms with Gasteiger partial charge in [-0.05, 0) is 47.1 Å². The molecule has 0 aliphatic rings. The maximum Gasteiger partial charge on any atom is 0.274 e. The average molecular weight is 487 g/mol. The highest BCUT2D eigenvalue weighted by Gasteiger charge is 2.18.